The number of carbonyl (C=O) groups is 1. The third-order valence-corrected chi connectivity index (χ3v) is 6.35. The highest BCUT2D eigenvalue weighted by molar-refractivity contribution is 7.99. The Balaban J connectivity index is 1.38. The van der Waals surface area contributed by atoms with Crippen LogP contribution in [0, 0.1) is 0 Å². The van der Waals surface area contributed by atoms with Crippen molar-refractivity contribution in [3.63, 3.8) is 0 Å². The van der Waals surface area contributed by atoms with Gasteiger partial charge in [-0.3, -0.25) is 14.2 Å². The summed E-state index contributed by atoms with van der Waals surface area (Å²) in [7, 11) is 0. The minimum absolute atomic E-state index is 0.0202. The lowest BCUT2D eigenvalue weighted by atomic mass is 10.1. The molecule has 0 radical (unpaired) electrons. The number of carbonyl (C=O) groups excluding carboxylic acids is 1. The standard InChI is InChI=1S/C24H27N3O3S/c28-22(25-14-6-10-18-8-2-1-3-9-18)17-31-24-26-21-13-5-4-12-20(21)23(29)27(24)16-19-11-7-15-30-19/h1-5,8-9,12-13,19H,6-7,10-11,14-17H2,(H,25,28). The van der Waals surface area contributed by atoms with Gasteiger partial charge in [0.15, 0.2) is 5.16 Å². The quantitative estimate of drug-likeness (QED) is 0.315. The molecule has 0 saturated carbocycles. The summed E-state index contributed by atoms with van der Waals surface area (Å²) in [4.78, 5) is 30.1. The van der Waals surface area contributed by atoms with Gasteiger partial charge in [0.1, 0.15) is 0 Å². The van der Waals surface area contributed by atoms with Gasteiger partial charge in [0.05, 0.1) is 29.3 Å². The van der Waals surface area contributed by atoms with Gasteiger partial charge in [-0.05, 0) is 43.4 Å². The summed E-state index contributed by atoms with van der Waals surface area (Å²) in [6.45, 7) is 1.83. The molecule has 31 heavy (non-hydrogen) atoms. The van der Waals surface area contributed by atoms with Crippen LogP contribution in [0.5, 0.6) is 0 Å². The molecule has 2 aromatic carbocycles. The number of hydrogen-bond acceptors (Lipinski definition) is 5. The average molecular weight is 438 g/mol. The van der Waals surface area contributed by atoms with Gasteiger partial charge in [-0.15, -0.1) is 0 Å². The fraction of sp³-hybridized carbons (Fsp3) is 0.375. The Morgan fingerprint density at radius 2 is 1.97 bits per heavy atom. The second kappa shape index (κ2) is 10.6. The van der Waals surface area contributed by atoms with Gasteiger partial charge < -0.3 is 10.1 Å². The molecule has 0 aliphatic carbocycles. The van der Waals surface area contributed by atoms with E-state index in [9.17, 15) is 9.59 Å². The van der Waals surface area contributed by atoms with Crippen molar-refractivity contribution >= 4 is 28.6 Å². The highest BCUT2D eigenvalue weighted by atomic mass is 32.2. The molecule has 2 heterocycles. The van der Waals surface area contributed by atoms with Crippen molar-refractivity contribution in [3.05, 3.63) is 70.5 Å². The first kappa shape index (κ1) is 21.6. The van der Waals surface area contributed by atoms with E-state index in [2.05, 4.69) is 22.4 Å². The Labute approximate surface area is 186 Å². The highest BCUT2D eigenvalue weighted by Gasteiger charge is 2.20. The molecule has 162 valence electrons. The van der Waals surface area contributed by atoms with Crippen LogP contribution in [0.15, 0.2) is 64.5 Å². The lowest BCUT2D eigenvalue weighted by molar-refractivity contribution is -0.118. The maximum atomic E-state index is 13.1. The van der Waals surface area contributed by atoms with Gasteiger partial charge in [0.25, 0.3) is 5.56 Å². The summed E-state index contributed by atoms with van der Waals surface area (Å²) < 4.78 is 7.40. The molecule has 1 atom stereocenters. The fourth-order valence-corrected chi connectivity index (χ4v) is 4.60. The SMILES string of the molecule is O=C(CSc1nc2ccccc2c(=O)n1CC1CCCO1)NCCCc1ccccc1. The van der Waals surface area contributed by atoms with Crippen molar-refractivity contribution in [1.82, 2.24) is 14.9 Å². The van der Waals surface area contributed by atoms with Crippen LogP contribution in [-0.2, 0) is 22.5 Å². The smallest absolute Gasteiger partial charge is 0.262 e. The Bertz CT molecular complexity index is 1080. The minimum Gasteiger partial charge on any atom is -0.376 e. The second-order valence-electron chi connectivity index (χ2n) is 7.69. The van der Waals surface area contributed by atoms with E-state index in [1.807, 2.05) is 36.4 Å². The van der Waals surface area contributed by atoms with Crippen molar-refractivity contribution in [2.45, 2.75) is 43.5 Å². The lowest BCUT2D eigenvalue weighted by Gasteiger charge is -2.16. The first-order valence-corrected chi connectivity index (χ1v) is 11.7. The monoisotopic (exact) mass is 437 g/mol. The van der Waals surface area contributed by atoms with E-state index in [0.29, 0.717) is 29.1 Å². The molecule has 1 saturated heterocycles. The summed E-state index contributed by atoms with van der Waals surface area (Å²) in [5.41, 5.74) is 1.85. The number of amides is 1. The Kier molecular flexibility index (Phi) is 7.38. The van der Waals surface area contributed by atoms with Crippen molar-refractivity contribution in [2.24, 2.45) is 0 Å². The molecule has 1 aliphatic rings. The third kappa shape index (κ3) is 5.74. The van der Waals surface area contributed by atoms with Crippen molar-refractivity contribution < 1.29 is 9.53 Å². The number of ether oxygens (including phenoxy) is 1. The van der Waals surface area contributed by atoms with E-state index in [0.717, 1.165) is 32.3 Å². The summed E-state index contributed by atoms with van der Waals surface area (Å²) >= 11 is 1.31. The van der Waals surface area contributed by atoms with Crippen molar-refractivity contribution in [2.75, 3.05) is 18.9 Å². The molecule has 4 rings (SSSR count). The van der Waals surface area contributed by atoms with Gasteiger partial charge in [-0.1, -0.05) is 54.2 Å². The number of aromatic nitrogens is 2. The number of rotatable bonds is 9. The fourth-order valence-electron chi connectivity index (χ4n) is 3.76. The van der Waals surface area contributed by atoms with Crippen LogP contribution in [0.3, 0.4) is 0 Å². The Hall–Kier alpha value is -2.64. The Morgan fingerprint density at radius 3 is 2.77 bits per heavy atom. The van der Waals surface area contributed by atoms with Crippen LogP contribution in [-0.4, -0.2) is 40.5 Å². The largest absolute Gasteiger partial charge is 0.376 e. The predicted molar refractivity (Wildman–Crippen MR) is 123 cm³/mol. The van der Waals surface area contributed by atoms with Crippen LogP contribution in [0.2, 0.25) is 0 Å². The van der Waals surface area contributed by atoms with Crippen molar-refractivity contribution in [3.8, 4) is 0 Å². The number of benzene rings is 2. The molecule has 1 amide bonds. The maximum absolute atomic E-state index is 13.1. The predicted octanol–water partition coefficient (Wildman–Crippen LogP) is 3.42. The third-order valence-electron chi connectivity index (χ3n) is 5.38. The highest BCUT2D eigenvalue weighted by Crippen LogP contribution is 2.21. The maximum Gasteiger partial charge on any atom is 0.262 e. The van der Waals surface area contributed by atoms with Crippen LogP contribution in [0.4, 0.5) is 0 Å². The summed E-state index contributed by atoms with van der Waals surface area (Å²) in [6, 6.07) is 17.6. The molecular formula is C24H27N3O3S. The van der Waals surface area contributed by atoms with Gasteiger partial charge in [0.2, 0.25) is 5.91 Å². The number of para-hydroxylation sites is 1. The lowest BCUT2D eigenvalue weighted by Crippen LogP contribution is -2.30. The van der Waals surface area contributed by atoms with E-state index in [-0.39, 0.29) is 23.3 Å². The molecule has 1 N–H and O–H groups in total. The number of thioether (sulfide) groups is 1. The van der Waals surface area contributed by atoms with Crippen LogP contribution in [0.25, 0.3) is 10.9 Å². The van der Waals surface area contributed by atoms with Gasteiger partial charge in [-0.2, -0.15) is 0 Å². The molecule has 1 fully saturated rings. The van der Waals surface area contributed by atoms with E-state index in [1.54, 1.807) is 10.6 Å². The molecule has 6 nitrogen and oxygen atoms in total. The molecule has 0 spiro atoms. The normalized spacial score (nSPS) is 15.9. The summed E-state index contributed by atoms with van der Waals surface area (Å²) in [6.07, 6.45) is 3.78. The molecule has 1 aromatic heterocycles. The van der Waals surface area contributed by atoms with Crippen LogP contribution in [0.1, 0.15) is 24.8 Å². The topological polar surface area (TPSA) is 73.2 Å². The first-order chi connectivity index (χ1) is 15.2. The van der Waals surface area contributed by atoms with E-state index in [4.69, 9.17) is 4.74 Å². The summed E-state index contributed by atoms with van der Waals surface area (Å²) in [5, 5.41) is 4.13. The molecule has 1 unspecified atom stereocenters. The number of nitrogens with zero attached hydrogens (tertiary/aromatic N) is 2. The zero-order valence-corrected chi connectivity index (χ0v) is 18.3. The molecule has 1 aliphatic heterocycles. The van der Waals surface area contributed by atoms with E-state index >= 15 is 0 Å². The second-order valence-corrected chi connectivity index (χ2v) is 8.63. The van der Waals surface area contributed by atoms with Gasteiger partial charge in [0, 0.05) is 13.2 Å². The van der Waals surface area contributed by atoms with Crippen LogP contribution < -0.4 is 10.9 Å². The first-order valence-electron chi connectivity index (χ1n) is 10.8. The van der Waals surface area contributed by atoms with Crippen LogP contribution >= 0.6 is 11.8 Å². The molecule has 7 heteroatoms. The minimum atomic E-state index is -0.0770. The van der Waals surface area contributed by atoms with E-state index in [1.165, 1.54) is 17.3 Å². The van der Waals surface area contributed by atoms with E-state index < -0.39 is 0 Å². The number of nitrogens with one attached hydrogen (secondary N) is 1. The number of aryl methyl sites for hydroxylation is 1. The number of fused-ring (bicyclic) bond motifs is 1. The molecular weight excluding hydrogens is 410 g/mol. The van der Waals surface area contributed by atoms with Gasteiger partial charge >= 0.3 is 0 Å². The summed E-state index contributed by atoms with van der Waals surface area (Å²) in [5.74, 6) is 0.172. The molecule has 3 aromatic rings. The van der Waals surface area contributed by atoms with Crippen molar-refractivity contribution in [1.29, 1.82) is 0 Å². The molecule has 0 bridgehead atoms. The Morgan fingerprint density at radius 1 is 1.16 bits per heavy atom. The zero-order valence-electron chi connectivity index (χ0n) is 17.5. The number of hydrogen-bond donors (Lipinski definition) is 1. The average Bonchev–Trinajstić information content (AvgIpc) is 3.31. The zero-order chi connectivity index (χ0) is 21.5. The van der Waals surface area contributed by atoms with Gasteiger partial charge in [-0.25, -0.2) is 4.98 Å².